The number of alkyl halides is 1. The van der Waals surface area contributed by atoms with E-state index in [1.807, 2.05) is 25.1 Å². The van der Waals surface area contributed by atoms with Crippen LogP contribution >= 0.6 is 11.6 Å². The molecule has 1 aromatic heterocycles. The van der Waals surface area contributed by atoms with Crippen molar-refractivity contribution in [3.63, 3.8) is 0 Å². The molecule has 1 N–H and O–H groups in total. The lowest BCUT2D eigenvalue weighted by Crippen LogP contribution is -2.02. The fraction of sp³-hybridized carbons (Fsp3) is 0.312. The van der Waals surface area contributed by atoms with Gasteiger partial charge in [-0.3, -0.25) is 4.98 Å². The SMILES string of the molecule is Cc1cccc(CNc2cccc(CCCCl)c2)n1. The highest BCUT2D eigenvalue weighted by molar-refractivity contribution is 6.17. The van der Waals surface area contributed by atoms with Crippen LogP contribution in [0.4, 0.5) is 5.69 Å². The predicted molar refractivity (Wildman–Crippen MR) is 81.8 cm³/mol. The molecule has 0 aliphatic rings. The lowest BCUT2D eigenvalue weighted by Gasteiger charge is -2.08. The molecule has 0 amide bonds. The van der Waals surface area contributed by atoms with Gasteiger partial charge in [0.2, 0.25) is 0 Å². The Bertz CT molecular complexity index is 526. The van der Waals surface area contributed by atoms with E-state index >= 15 is 0 Å². The molecule has 0 aliphatic heterocycles. The van der Waals surface area contributed by atoms with Crippen LogP contribution in [0.5, 0.6) is 0 Å². The molecule has 0 bridgehead atoms. The molecule has 100 valence electrons. The minimum Gasteiger partial charge on any atom is -0.379 e. The molecule has 2 aromatic rings. The van der Waals surface area contributed by atoms with Gasteiger partial charge in [0.05, 0.1) is 12.2 Å². The molecule has 2 rings (SSSR count). The summed E-state index contributed by atoms with van der Waals surface area (Å²) < 4.78 is 0. The van der Waals surface area contributed by atoms with Gasteiger partial charge in [-0.05, 0) is 49.6 Å². The number of aryl methyl sites for hydroxylation is 2. The number of halogens is 1. The van der Waals surface area contributed by atoms with Crippen molar-refractivity contribution in [2.75, 3.05) is 11.2 Å². The topological polar surface area (TPSA) is 24.9 Å². The van der Waals surface area contributed by atoms with Gasteiger partial charge in [-0.2, -0.15) is 0 Å². The number of nitrogens with one attached hydrogen (secondary N) is 1. The Hall–Kier alpha value is -1.54. The third-order valence-corrected chi connectivity index (χ3v) is 3.21. The average Bonchev–Trinajstić information content (AvgIpc) is 2.43. The van der Waals surface area contributed by atoms with Crippen LogP contribution in [-0.4, -0.2) is 10.9 Å². The van der Waals surface area contributed by atoms with Crippen molar-refractivity contribution in [2.45, 2.75) is 26.3 Å². The molecule has 0 saturated carbocycles. The van der Waals surface area contributed by atoms with E-state index in [-0.39, 0.29) is 0 Å². The molecule has 0 saturated heterocycles. The smallest absolute Gasteiger partial charge is 0.0597 e. The predicted octanol–water partition coefficient (Wildman–Crippen LogP) is 4.17. The monoisotopic (exact) mass is 274 g/mol. The maximum absolute atomic E-state index is 5.72. The Morgan fingerprint density at radius 2 is 2.00 bits per heavy atom. The van der Waals surface area contributed by atoms with Crippen LogP contribution in [0.1, 0.15) is 23.4 Å². The summed E-state index contributed by atoms with van der Waals surface area (Å²) in [6.07, 6.45) is 2.05. The van der Waals surface area contributed by atoms with E-state index in [9.17, 15) is 0 Å². The molecule has 0 fully saturated rings. The van der Waals surface area contributed by atoms with E-state index in [0.717, 1.165) is 36.5 Å². The molecule has 0 aliphatic carbocycles. The first-order valence-corrected chi connectivity index (χ1v) is 7.13. The Kier molecular flexibility index (Phi) is 5.22. The summed E-state index contributed by atoms with van der Waals surface area (Å²) in [5.74, 6) is 0.713. The quantitative estimate of drug-likeness (QED) is 0.800. The van der Waals surface area contributed by atoms with Gasteiger partial charge in [0.25, 0.3) is 0 Å². The van der Waals surface area contributed by atoms with Crippen molar-refractivity contribution >= 4 is 17.3 Å². The zero-order chi connectivity index (χ0) is 13.5. The minimum absolute atomic E-state index is 0.713. The maximum atomic E-state index is 5.72. The van der Waals surface area contributed by atoms with Gasteiger partial charge in [-0.15, -0.1) is 11.6 Å². The molecular weight excluding hydrogens is 256 g/mol. The standard InChI is InChI=1S/C16H19ClN2/c1-13-5-2-9-16(19-13)12-18-15-8-3-6-14(11-15)7-4-10-17/h2-3,5-6,8-9,11,18H,4,7,10,12H2,1H3. The molecule has 0 atom stereocenters. The van der Waals surface area contributed by atoms with Crippen LogP contribution in [0.3, 0.4) is 0 Å². The van der Waals surface area contributed by atoms with E-state index in [1.165, 1.54) is 5.56 Å². The highest BCUT2D eigenvalue weighted by atomic mass is 35.5. The Balaban J connectivity index is 1.95. The molecule has 0 radical (unpaired) electrons. The second-order valence-corrected chi connectivity index (χ2v) is 4.99. The van der Waals surface area contributed by atoms with Gasteiger partial charge in [0.1, 0.15) is 0 Å². The van der Waals surface area contributed by atoms with Crippen LogP contribution in [0.2, 0.25) is 0 Å². The van der Waals surface area contributed by atoms with Gasteiger partial charge < -0.3 is 5.32 Å². The maximum Gasteiger partial charge on any atom is 0.0597 e. The van der Waals surface area contributed by atoms with E-state index in [2.05, 4.69) is 34.6 Å². The van der Waals surface area contributed by atoms with E-state index < -0.39 is 0 Å². The Morgan fingerprint density at radius 1 is 1.16 bits per heavy atom. The van der Waals surface area contributed by atoms with Gasteiger partial charge in [-0.1, -0.05) is 18.2 Å². The molecule has 2 nitrogen and oxygen atoms in total. The van der Waals surface area contributed by atoms with Gasteiger partial charge >= 0.3 is 0 Å². The Morgan fingerprint density at radius 3 is 2.79 bits per heavy atom. The molecule has 0 spiro atoms. The largest absolute Gasteiger partial charge is 0.379 e. The summed E-state index contributed by atoms with van der Waals surface area (Å²) in [7, 11) is 0. The minimum atomic E-state index is 0.713. The van der Waals surface area contributed by atoms with Crippen molar-refractivity contribution < 1.29 is 0 Å². The molecule has 1 aromatic carbocycles. The zero-order valence-corrected chi connectivity index (χ0v) is 12.0. The normalized spacial score (nSPS) is 10.4. The van der Waals surface area contributed by atoms with Crippen molar-refractivity contribution in [2.24, 2.45) is 0 Å². The summed E-state index contributed by atoms with van der Waals surface area (Å²) in [6.45, 7) is 2.76. The number of hydrogen-bond acceptors (Lipinski definition) is 2. The fourth-order valence-corrected chi connectivity index (χ4v) is 2.13. The van der Waals surface area contributed by atoms with Crippen LogP contribution in [0.15, 0.2) is 42.5 Å². The van der Waals surface area contributed by atoms with Crippen molar-refractivity contribution in [3.8, 4) is 0 Å². The van der Waals surface area contributed by atoms with E-state index in [0.29, 0.717) is 5.88 Å². The van der Waals surface area contributed by atoms with Crippen molar-refractivity contribution in [1.29, 1.82) is 0 Å². The zero-order valence-electron chi connectivity index (χ0n) is 11.2. The number of nitrogens with zero attached hydrogens (tertiary/aromatic N) is 1. The lowest BCUT2D eigenvalue weighted by atomic mass is 10.1. The first-order valence-electron chi connectivity index (χ1n) is 6.59. The fourth-order valence-electron chi connectivity index (χ4n) is 2.00. The molecular formula is C16H19ClN2. The Labute approximate surface area is 119 Å². The summed E-state index contributed by atoms with van der Waals surface area (Å²) in [5, 5.41) is 3.41. The molecule has 1 heterocycles. The summed E-state index contributed by atoms with van der Waals surface area (Å²) >= 11 is 5.72. The number of hydrogen-bond donors (Lipinski definition) is 1. The lowest BCUT2D eigenvalue weighted by molar-refractivity contribution is 0.928. The summed E-state index contributed by atoms with van der Waals surface area (Å²) in [4.78, 5) is 4.48. The van der Waals surface area contributed by atoms with Gasteiger partial charge in [0.15, 0.2) is 0 Å². The molecule has 3 heteroatoms. The highest BCUT2D eigenvalue weighted by Crippen LogP contribution is 2.13. The number of benzene rings is 1. The average molecular weight is 275 g/mol. The van der Waals surface area contributed by atoms with Crippen LogP contribution in [0, 0.1) is 6.92 Å². The van der Waals surface area contributed by atoms with Crippen LogP contribution in [-0.2, 0) is 13.0 Å². The van der Waals surface area contributed by atoms with Crippen molar-refractivity contribution in [1.82, 2.24) is 4.98 Å². The number of aromatic nitrogens is 1. The number of rotatable bonds is 6. The molecule has 19 heavy (non-hydrogen) atoms. The highest BCUT2D eigenvalue weighted by Gasteiger charge is 1.98. The number of pyridine rings is 1. The summed E-state index contributed by atoms with van der Waals surface area (Å²) in [6, 6.07) is 14.6. The number of anilines is 1. The summed E-state index contributed by atoms with van der Waals surface area (Å²) in [5.41, 5.74) is 4.57. The second kappa shape index (κ2) is 7.15. The van der Waals surface area contributed by atoms with E-state index in [1.54, 1.807) is 0 Å². The first-order chi connectivity index (χ1) is 9.28. The third-order valence-electron chi connectivity index (χ3n) is 2.95. The van der Waals surface area contributed by atoms with Crippen LogP contribution in [0.25, 0.3) is 0 Å². The molecule has 0 unspecified atom stereocenters. The second-order valence-electron chi connectivity index (χ2n) is 4.62. The van der Waals surface area contributed by atoms with Gasteiger partial charge in [-0.25, -0.2) is 0 Å². The van der Waals surface area contributed by atoms with Crippen LogP contribution < -0.4 is 5.32 Å². The first kappa shape index (κ1) is 13.9. The van der Waals surface area contributed by atoms with Gasteiger partial charge in [0, 0.05) is 17.3 Å². The third kappa shape index (κ3) is 4.56. The van der Waals surface area contributed by atoms with E-state index in [4.69, 9.17) is 11.6 Å². The van der Waals surface area contributed by atoms with Crippen molar-refractivity contribution in [3.05, 3.63) is 59.4 Å².